The zero-order chi connectivity index (χ0) is 17.2. The van der Waals surface area contributed by atoms with Gasteiger partial charge in [0.1, 0.15) is 6.10 Å². The quantitative estimate of drug-likeness (QED) is 0.615. The molecular weight excluding hydrogens is 292 g/mol. The molecule has 0 aliphatic carbocycles. The molecule has 0 amide bonds. The first-order chi connectivity index (χ1) is 9.48. The van der Waals surface area contributed by atoms with Crippen molar-refractivity contribution in [2.24, 2.45) is 23.7 Å². The zero-order valence-electron chi connectivity index (χ0n) is 15.2. The highest BCUT2D eigenvalue weighted by Crippen LogP contribution is 2.08. The third-order valence-corrected chi connectivity index (χ3v) is 2.74. The van der Waals surface area contributed by atoms with Gasteiger partial charge in [0.25, 0.3) is 0 Å². The van der Waals surface area contributed by atoms with Gasteiger partial charge in [-0.2, -0.15) is 0 Å². The maximum absolute atomic E-state index is 11.0. The summed E-state index contributed by atoms with van der Waals surface area (Å²) >= 11 is 0. The van der Waals surface area contributed by atoms with Crippen LogP contribution in [0.15, 0.2) is 0 Å². The van der Waals surface area contributed by atoms with E-state index in [9.17, 15) is 9.59 Å². The van der Waals surface area contributed by atoms with Crippen LogP contribution in [0.3, 0.4) is 0 Å². The van der Waals surface area contributed by atoms with Gasteiger partial charge in [-0.3, -0.25) is 9.59 Å². The summed E-state index contributed by atoms with van der Waals surface area (Å²) in [5.41, 5.74) is 0. The van der Waals surface area contributed by atoms with E-state index in [0.29, 0.717) is 18.4 Å². The molecule has 0 saturated carbocycles. The van der Waals surface area contributed by atoms with Crippen LogP contribution >= 0.6 is 0 Å². The van der Waals surface area contributed by atoms with Crippen LogP contribution < -0.4 is 0 Å². The van der Waals surface area contributed by atoms with E-state index in [1.165, 1.54) is 0 Å². The maximum atomic E-state index is 11.0. The minimum Gasteiger partial charge on any atom is -0.465 e. The SMILES string of the molecule is C.C.CC(C)C(=O)OC(C)C(C)C.CC(C)COC(=O)C(C)C. The number of esters is 2. The van der Waals surface area contributed by atoms with Gasteiger partial charge < -0.3 is 9.47 Å². The molecule has 0 aromatic rings. The Morgan fingerprint density at radius 3 is 1.39 bits per heavy atom. The van der Waals surface area contributed by atoms with E-state index in [1.54, 1.807) is 0 Å². The summed E-state index contributed by atoms with van der Waals surface area (Å²) in [5.74, 6) is 0.607. The molecule has 0 radical (unpaired) electrons. The molecule has 0 rings (SSSR count). The monoisotopic (exact) mass is 334 g/mol. The highest BCUT2D eigenvalue weighted by atomic mass is 16.5. The smallest absolute Gasteiger partial charge is 0.308 e. The lowest BCUT2D eigenvalue weighted by Crippen LogP contribution is -2.23. The van der Waals surface area contributed by atoms with Crippen molar-refractivity contribution in [2.45, 2.75) is 83.3 Å². The van der Waals surface area contributed by atoms with Gasteiger partial charge >= 0.3 is 11.9 Å². The molecule has 4 heteroatoms. The molecule has 142 valence electrons. The van der Waals surface area contributed by atoms with Crippen LogP contribution in [0, 0.1) is 23.7 Å². The van der Waals surface area contributed by atoms with Crippen LogP contribution in [0.5, 0.6) is 0 Å². The van der Waals surface area contributed by atoms with E-state index < -0.39 is 0 Å². The Balaban J connectivity index is -0.000000145. The van der Waals surface area contributed by atoms with Gasteiger partial charge in [0, 0.05) is 0 Å². The third-order valence-electron chi connectivity index (χ3n) is 2.74. The summed E-state index contributed by atoms with van der Waals surface area (Å²) in [6.45, 7) is 17.9. The van der Waals surface area contributed by atoms with Gasteiger partial charge in [0.05, 0.1) is 18.4 Å². The average Bonchev–Trinajstić information content (AvgIpc) is 2.35. The normalized spacial score (nSPS) is 11.2. The number of ether oxygens (including phenoxy) is 2. The van der Waals surface area contributed by atoms with Crippen molar-refractivity contribution in [3.05, 3.63) is 0 Å². The Kier molecular flexibility index (Phi) is 20.6. The van der Waals surface area contributed by atoms with Gasteiger partial charge in [0.2, 0.25) is 0 Å². The zero-order valence-corrected chi connectivity index (χ0v) is 15.2. The van der Waals surface area contributed by atoms with Crippen molar-refractivity contribution in [2.75, 3.05) is 6.61 Å². The molecule has 0 aliphatic heterocycles. The lowest BCUT2D eigenvalue weighted by molar-refractivity contribution is -0.154. The lowest BCUT2D eigenvalue weighted by atomic mass is 10.1. The molecule has 4 nitrogen and oxygen atoms in total. The Morgan fingerprint density at radius 2 is 1.13 bits per heavy atom. The van der Waals surface area contributed by atoms with Crippen LogP contribution in [-0.2, 0) is 19.1 Å². The Hall–Kier alpha value is -1.06. The minimum atomic E-state index is -0.105. The van der Waals surface area contributed by atoms with Crippen LogP contribution in [0.2, 0.25) is 0 Å². The Labute approximate surface area is 145 Å². The number of rotatable bonds is 6. The summed E-state index contributed by atoms with van der Waals surface area (Å²) in [6, 6.07) is 0. The van der Waals surface area contributed by atoms with Gasteiger partial charge in [-0.1, -0.05) is 70.2 Å². The number of carbonyl (C=O) groups excluding carboxylic acids is 2. The first-order valence-electron chi connectivity index (χ1n) is 7.86. The second kappa shape index (κ2) is 15.8. The molecular formula is C19H42O4. The molecule has 0 saturated heterocycles. The molecule has 1 unspecified atom stereocenters. The fourth-order valence-corrected chi connectivity index (χ4v) is 0.871. The number of hydrogen-bond acceptors (Lipinski definition) is 4. The molecule has 0 heterocycles. The molecule has 0 aromatic carbocycles. The van der Waals surface area contributed by atoms with Crippen molar-refractivity contribution in [1.82, 2.24) is 0 Å². The Morgan fingerprint density at radius 1 is 0.739 bits per heavy atom. The third kappa shape index (κ3) is 18.9. The van der Waals surface area contributed by atoms with Crippen molar-refractivity contribution in [3.8, 4) is 0 Å². The van der Waals surface area contributed by atoms with Crippen LogP contribution in [0.1, 0.15) is 77.2 Å². The fraction of sp³-hybridized carbons (Fsp3) is 0.895. The predicted molar refractivity (Wildman–Crippen MR) is 99.3 cm³/mol. The van der Waals surface area contributed by atoms with Gasteiger partial charge in [-0.25, -0.2) is 0 Å². The summed E-state index contributed by atoms with van der Waals surface area (Å²) < 4.78 is 10.1. The average molecular weight is 335 g/mol. The van der Waals surface area contributed by atoms with E-state index in [4.69, 9.17) is 9.47 Å². The fourth-order valence-electron chi connectivity index (χ4n) is 0.871. The van der Waals surface area contributed by atoms with Gasteiger partial charge in [-0.15, -0.1) is 0 Å². The summed E-state index contributed by atoms with van der Waals surface area (Å²) in [5, 5.41) is 0. The Bertz CT molecular complexity index is 294. The van der Waals surface area contributed by atoms with E-state index in [-0.39, 0.29) is 44.7 Å². The molecule has 0 aliphatic rings. The molecule has 0 bridgehead atoms. The van der Waals surface area contributed by atoms with Crippen molar-refractivity contribution < 1.29 is 19.1 Å². The molecule has 0 fully saturated rings. The van der Waals surface area contributed by atoms with Crippen LogP contribution in [0.4, 0.5) is 0 Å². The second-order valence-electron chi connectivity index (χ2n) is 6.72. The second-order valence-corrected chi connectivity index (χ2v) is 6.72. The number of carbonyl (C=O) groups is 2. The highest BCUT2D eigenvalue weighted by molar-refractivity contribution is 5.71. The number of hydrogen-bond donors (Lipinski definition) is 0. The molecule has 0 aromatic heterocycles. The van der Waals surface area contributed by atoms with Gasteiger partial charge in [0.15, 0.2) is 0 Å². The predicted octanol–water partition coefficient (Wildman–Crippen LogP) is 5.34. The minimum absolute atomic E-state index is 0. The van der Waals surface area contributed by atoms with Crippen molar-refractivity contribution >= 4 is 11.9 Å². The summed E-state index contributed by atoms with van der Waals surface area (Å²) in [7, 11) is 0. The highest BCUT2D eigenvalue weighted by Gasteiger charge is 2.15. The van der Waals surface area contributed by atoms with Crippen LogP contribution in [-0.4, -0.2) is 24.6 Å². The molecule has 1 atom stereocenters. The largest absolute Gasteiger partial charge is 0.465 e. The van der Waals surface area contributed by atoms with E-state index in [0.717, 1.165) is 0 Å². The van der Waals surface area contributed by atoms with Crippen molar-refractivity contribution in [3.63, 3.8) is 0 Å². The molecule has 0 N–H and O–H groups in total. The summed E-state index contributed by atoms with van der Waals surface area (Å²) in [4.78, 5) is 21.9. The molecule has 23 heavy (non-hydrogen) atoms. The standard InChI is InChI=1S/C9H18O2.C8H16O2.2CH4/c1-6(2)8(5)11-9(10)7(3)4;1-6(2)5-10-8(9)7(3)4;;/h6-8H,1-5H3;6-7H,5H2,1-4H3;2*1H4. The topological polar surface area (TPSA) is 52.6 Å². The first-order valence-corrected chi connectivity index (χ1v) is 7.86. The van der Waals surface area contributed by atoms with Crippen LogP contribution in [0.25, 0.3) is 0 Å². The van der Waals surface area contributed by atoms with E-state index >= 15 is 0 Å². The first kappa shape index (κ1) is 29.9. The molecule has 0 spiro atoms. The van der Waals surface area contributed by atoms with Gasteiger partial charge in [-0.05, 0) is 18.8 Å². The maximum Gasteiger partial charge on any atom is 0.308 e. The van der Waals surface area contributed by atoms with E-state index in [1.807, 2.05) is 62.3 Å². The van der Waals surface area contributed by atoms with E-state index in [2.05, 4.69) is 0 Å². The lowest BCUT2D eigenvalue weighted by Gasteiger charge is -2.17. The summed E-state index contributed by atoms with van der Waals surface area (Å²) in [6.07, 6.45) is 0.0323. The van der Waals surface area contributed by atoms with Crippen molar-refractivity contribution in [1.29, 1.82) is 0 Å².